The molecule has 1 amide bonds. The van der Waals surface area contributed by atoms with Gasteiger partial charge in [0.2, 0.25) is 0 Å². The lowest BCUT2D eigenvalue weighted by Gasteiger charge is -2.07. The highest BCUT2D eigenvalue weighted by molar-refractivity contribution is 6.31. The predicted molar refractivity (Wildman–Crippen MR) is 111 cm³/mol. The molecule has 0 bridgehead atoms. The van der Waals surface area contributed by atoms with Gasteiger partial charge in [-0.1, -0.05) is 35.9 Å². The Balaban J connectivity index is 1.44. The van der Waals surface area contributed by atoms with Crippen molar-refractivity contribution in [1.82, 2.24) is 10.3 Å². The van der Waals surface area contributed by atoms with Crippen LogP contribution in [0.1, 0.15) is 15.9 Å². The van der Waals surface area contributed by atoms with Crippen molar-refractivity contribution in [2.75, 3.05) is 6.54 Å². The standard InChI is InChI=1S/C23H18ClFN2O/c24-19-7-8-22-21(13-19)18(14-27-22)9-10-26-23(28)17-5-1-3-15(11-17)16-4-2-6-20(25)12-16/h1-8,11-14,27H,9-10H2,(H,26,28). The van der Waals surface area contributed by atoms with Gasteiger partial charge in [-0.25, -0.2) is 4.39 Å². The molecule has 0 spiro atoms. The summed E-state index contributed by atoms with van der Waals surface area (Å²) in [5, 5.41) is 4.70. The van der Waals surface area contributed by atoms with Gasteiger partial charge in [0.05, 0.1) is 0 Å². The third-order valence-corrected chi connectivity index (χ3v) is 4.93. The smallest absolute Gasteiger partial charge is 0.251 e. The fourth-order valence-electron chi connectivity index (χ4n) is 3.28. The summed E-state index contributed by atoms with van der Waals surface area (Å²) in [4.78, 5) is 15.7. The molecule has 0 aliphatic heterocycles. The highest BCUT2D eigenvalue weighted by atomic mass is 35.5. The van der Waals surface area contributed by atoms with E-state index in [0.29, 0.717) is 23.6 Å². The van der Waals surface area contributed by atoms with Gasteiger partial charge in [-0.15, -0.1) is 0 Å². The minimum atomic E-state index is -0.300. The lowest BCUT2D eigenvalue weighted by Crippen LogP contribution is -2.25. The molecule has 1 heterocycles. The fraction of sp³-hybridized carbons (Fsp3) is 0.0870. The molecule has 3 aromatic carbocycles. The number of benzene rings is 3. The summed E-state index contributed by atoms with van der Waals surface area (Å²) in [7, 11) is 0. The van der Waals surface area contributed by atoms with Crippen molar-refractivity contribution in [2.45, 2.75) is 6.42 Å². The first-order chi connectivity index (χ1) is 13.6. The van der Waals surface area contributed by atoms with E-state index < -0.39 is 0 Å². The SMILES string of the molecule is O=C(NCCc1c[nH]c2ccc(Cl)cc12)c1cccc(-c2cccc(F)c2)c1. The van der Waals surface area contributed by atoms with Crippen LogP contribution in [0.25, 0.3) is 22.0 Å². The number of hydrogen-bond donors (Lipinski definition) is 2. The van der Waals surface area contributed by atoms with Gasteiger partial charge in [0, 0.05) is 34.2 Å². The molecule has 0 saturated heterocycles. The van der Waals surface area contributed by atoms with E-state index in [2.05, 4.69) is 10.3 Å². The zero-order chi connectivity index (χ0) is 19.5. The number of rotatable bonds is 5. The topological polar surface area (TPSA) is 44.9 Å². The Morgan fingerprint density at radius 2 is 1.79 bits per heavy atom. The van der Waals surface area contributed by atoms with E-state index in [1.54, 1.807) is 24.3 Å². The first kappa shape index (κ1) is 18.3. The quantitative estimate of drug-likeness (QED) is 0.456. The molecule has 0 fully saturated rings. The second kappa shape index (κ2) is 7.87. The van der Waals surface area contributed by atoms with Crippen LogP contribution in [0.15, 0.2) is 72.9 Å². The molecule has 0 unspecified atom stereocenters. The van der Waals surface area contributed by atoms with Crippen LogP contribution in [0.4, 0.5) is 4.39 Å². The summed E-state index contributed by atoms with van der Waals surface area (Å²) in [6.07, 6.45) is 2.63. The van der Waals surface area contributed by atoms with Crippen LogP contribution in [0, 0.1) is 5.82 Å². The molecule has 0 atom stereocenters. The molecule has 2 N–H and O–H groups in total. The molecule has 1 aromatic heterocycles. The molecule has 0 radical (unpaired) electrons. The highest BCUT2D eigenvalue weighted by Gasteiger charge is 2.09. The molecule has 28 heavy (non-hydrogen) atoms. The second-order valence-corrected chi connectivity index (χ2v) is 7.04. The van der Waals surface area contributed by atoms with Crippen LogP contribution < -0.4 is 5.32 Å². The zero-order valence-corrected chi connectivity index (χ0v) is 15.8. The van der Waals surface area contributed by atoms with Crippen LogP contribution in [-0.4, -0.2) is 17.4 Å². The molecular formula is C23H18ClFN2O. The van der Waals surface area contributed by atoms with Crippen molar-refractivity contribution in [3.63, 3.8) is 0 Å². The number of aromatic nitrogens is 1. The predicted octanol–water partition coefficient (Wildman–Crippen LogP) is 5.60. The van der Waals surface area contributed by atoms with Gasteiger partial charge in [0.1, 0.15) is 5.82 Å². The normalized spacial score (nSPS) is 10.9. The molecule has 3 nitrogen and oxygen atoms in total. The number of carbonyl (C=O) groups excluding carboxylic acids is 1. The average molecular weight is 393 g/mol. The van der Waals surface area contributed by atoms with E-state index in [9.17, 15) is 9.18 Å². The van der Waals surface area contributed by atoms with Crippen molar-refractivity contribution in [3.05, 3.63) is 94.9 Å². The Hall–Kier alpha value is -3.11. The Morgan fingerprint density at radius 3 is 2.61 bits per heavy atom. The molecule has 4 aromatic rings. The van der Waals surface area contributed by atoms with Crippen LogP contribution >= 0.6 is 11.6 Å². The summed E-state index contributed by atoms with van der Waals surface area (Å²) in [5.41, 5.74) is 4.22. The minimum Gasteiger partial charge on any atom is -0.361 e. The minimum absolute atomic E-state index is 0.156. The molecule has 0 saturated carbocycles. The van der Waals surface area contributed by atoms with E-state index in [0.717, 1.165) is 27.6 Å². The van der Waals surface area contributed by atoms with Gasteiger partial charge in [0.25, 0.3) is 5.91 Å². The Morgan fingerprint density at radius 1 is 1.00 bits per heavy atom. The summed E-state index contributed by atoms with van der Waals surface area (Å²) in [6.45, 7) is 0.502. The molecule has 0 aliphatic rings. The number of halogens is 2. The van der Waals surface area contributed by atoms with Crippen LogP contribution in [0.3, 0.4) is 0 Å². The van der Waals surface area contributed by atoms with Gasteiger partial charge < -0.3 is 10.3 Å². The highest BCUT2D eigenvalue weighted by Crippen LogP contribution is 2.23. The van der Waals surface area contributed by atoms with Crippen LogP contribution in [0.5, 0.6) is 0 Å². The van der Waals surface area contributed by atoms with E-state index >= 15 is 0 Å². The van der Waals surface area contributed by atoms with Crippen LogP contribution in [0.2, 0.25) is 5.02 Å². The zero-order valence-electron chi connectivity index (χ0n) is 15.0. The van der Waals surface area contributed by atoms with Gasteiger partial charge in [0.15, 0.2) is 0 Å². The van der Waals surface area contributed by atoms with E-state index in [1.165, 1.54) is 12.1 Å². The molecule has 140 valence electrons. The number of carbonyl (C=O) groups is 1. The summed E-state index contributed by atoms with van der Waals surface area (Å²) in [6, 6.07) is 19.2. The van der Waals surface area contributed by atoms with Crippen molar-refractivity contribution < 1.29 is 9.18 Å². The molecule has 5 heteroatoms. The van der Waals surface area contributed by atoms with Gasteiger partial charge in [-0.2, -0.15) is 0 Å². The number of amides is 1. The third kappa shape index (κ3) is 3.92. The van der Waals surface area contributed by atoms with E-state index in [-0.39, 0.29) is 11.7 Å². The van der Waals surface area contributed by atoms with Gasteiger partial charge in [-0.3, -0.25) is 4.79 Å². The first-order valence-corrected chi connectivity index (χ1v) is 9.38. The van der Waals surface area contributed by atoms with Gasteiger partial charge in [-0.05, 0) is 65.6 Å². The maximum absolute atomic E-state index is 13.5. The summed E-state index contributed by atoms with van der Waals surface area (Å²) in [5.74, 6) is -0.456. The van der Waals surface area contributed by atoms with E-state index in [4.69, 9.17) is 11.6 Å². The number of aromatic amines is 1. The monoisotopic (exact) mass is 392 g/mol. The van der Waals surface area contributed by atoms with Crippen molar-refractivity contribution in [1.29, 1.82) is 0 Å². The van der Waals surface area contributed by atoms with Gasteiger partial charge >= 0.3 is 0 Å². The summed E-state index contributed by atoms with van der Waals surface area (Å²) < 4.78 is 13.5. The second-order valence-electron chi connectivity index (χ2n) is 6.60. The van der Waals surface area contributed by atoms with E-state index in [1.807, 2.05) is 36.5 Å². The number of H-pyrrole nitrogens is 1. The average Bonchev–Trinajstić information content (AvgIpc) is 3.10. The lowest BCUT2D eigenvalue weighted by molar-refractivity contribution is 0.0954. The molecule has 0 aliphatic carbocycles. The Bertz CT molecular complexity index is 1150. The van der Waals surface area contributed by atoms with Crippen molar-refractivity contribution in [3.8, 4) is 11.1 Å². The number of hydrogen-bond acceptors (Lipinski definition) is 1. The molecule has 4 rings (SSSR count). The Kier molecular flexibility index (Phi) is 5.13. The maximum Gasteiger partial charge on any atom is 0.251 e. The fourth-order valence-corrected chi connectivity index (χ4v) is 3.45. The number of fused-ring (bicyclic) bond motifs is 1. The third-order valence-electron chi connectivity index (χ3n) is 4.69. The van der Waals surface area contributed by atoms with Crippen LogP contribution in [-0.2, 0) is 6.42 Å². The largest absolute Gasteiger partial charge is 0.361 e. The number of nitrogens with one attached hydrogen (secondary N) is 2. The molecular weight excluding hydrogens is 375 g/mol. The van der Waals surface area contributed by atoms with Crippen molar-refractivity contribution >= 4 is 28.4 Å². The first-order valence-electron chi connectivity index (χ1n) is 9.00. The Labute approximate surface area is 167 Å². The maximum atomic E-state index is 13.5. The lowest BCUT2D eigenvalue weighted by atomic mass is 10.0. The summed E-state index contributed by atoms with van der Waals surface area (Å²) >= 11 is 6.08. The van der Waals surface area contributed by atoms with Crippen molar-refractivity contribution in [2.24, 2.45) is 0 Å².